The van der Waals surface area contributed by atoms with E-state index in [-0.39, 0.29) is 35.8 Å². The van der Waals surface area contributed by atoms with Gasteiger partial charge >= 0.3 is 0 Å². The minimum Gasteiger partial charge on any atom is -0.504 e. The summed E-state index contributed by atoms with van der Waals surface area (Å²) >= 11 is 0. The molecule has 6 nitrogen and oxygen atoms in total. The molecule has 3 heterocycles. The summed E-state index contributed by atoms with van der Waals surface area (Å²) in [6.45, 7) is 4.91. The highest BCUT2D eigenvalue weighted by Crippen LogP contribution is 2.66. The smallest absolute Gasteiger partial charge is 0.226 e. The third-order valence-corrected chi connectivity index (χ3v) is 9.98. The van der Waals surface area contributed by atoms with Gasteiger partial charge in [-0.25, -0.2) is 0 Å². The molecule has 4 fully saturated rings. The number of hydrogen-bond donors (Lipinski definition) is 2. The van der Waals surface area contributed by atoms with Crippen LogP contribution in [0.3, 0.4) is 0 Å². The van der Waals surface area contributed by atoms with Crippen LogP contribution in [-0.4, -0.2) is 69.3 Å². The third-order valence-electron chi connectivity index (χ3n) is 9.98. The Bertz CT molecular complexity index is 992. The SMILES string of the molecule is CCC1CCN(C2CC[C@@]3(O)[C@H]4Cc5ccc(O)c6c5[C@@]3(CCN4CC3CC3)C2O6)C1=O. The van der Waals surface area contributed by atoms with Crippen LogP contribution >= 0.6 is 0 Å². The minimum absolute atomic E-state index is 0.0345. The Morgan fingerprint density at radius 1 is 1.16 bits per heavy atom. The van der Waals surface area contributed by atoms with Crippen LogP contribution in [0.25, 0.3) is 0 Å². The molecule has 6 aliphatic rings. The number of nitrogens with zero attached hydrogens (tertiary/aromatic N) is 2. The van der Waals surface area contributed by atoms with Gasteiger partial charge in [0.25, 0.3) is 0 Å². The number of rotatable bonds is 4. The van der Waals surface area contributed by atoms with Gasteiger partial charge in [0.05, 0.1) is 17.1 Å². The van der Waals surface area contributed by atoms with E-state index < -0.39 is 11.0 Å². The Hall–Kier alpha value is -1.79. The van der Waals surface area contributed by atoms with Crippen molar-refractivity contribution < 1.29 is 19.7 Å². The van der Waals surface area contributed by atoms with Crippen LogP contribution in [0.1, 0.15) is 63.0 Å². The molecular formula is C26H34N2O4. The van der Waals surface area contributed by atoms with E-state index in [4.69, 9.17) is 4.74 Å². The number of aliphatic hydroxyl groups is 1. The van der Waals surface area contributed by atoms with Gasteiger partial charge in [0.15, 0.2) is 11.5 Å². The molecule has 1 amide bonds. The quantitative estimate of drug-likeness (QED) is 0.756. The highest BCUT2D eigenvalue weighted by atomic mass is 16.5. The van der Waals surface area contributed by atoms with Crippen LogP contribution in [0.5, 0.6) is 11.5 Å². The number of amides is 1. The Labute approximate surface area is 189 Å². The second-order valence-corrected chi connectivity index (χ2v) is 11.3. The van der Waals surface area contributed by atoms with Gasteiger partial charge < -0.3 is 19.8 Å². The lowest BCUT2D eigenvalue weighted by molar-refractivity contribution is -0.200. The molecule has 2 saturated carbocycles. The van der Waals surface area contributed by atoms with Crippen molar-refractivity contribution in [1.29, 1.82) is 0 Å². The molecule has 2 N–H and O–H groups in total. The maximum absolute atomic E-state index is 13.2. The molecule has 1 spiro atoms. The van der Waals surface area contributed by atoms with Crippen LogP contribution in [-0.2, 0) is 16.6 Å². The number of phenols is 1. The molecule has 172 valence electrons. The maximum atomic E-state index is 13.2. The fourth-order valence-electron chi connectivity index (χ4n) is 8.25. The second kappa shape index (κ2) is 6.41. The summed E-state index contributed by atoms with van der Waals surface area (Å²) in [6.07, 6.45) is 7.24. The van der Waals surface area contributed by atoms with E-state index in [0.717, 1.165) is 63.2 Å². The molecule has 0 radical (unpaired) electrons. The van der Waals surface area contributed by atoms with E-state index in [1.807, 2.05) is 6.07 Å². The van der Waals surface area contributed by atoms with Crippen LogP contribution in [0.4, 0.5) is 0 Å². The molecule has 3 aliphatic carbocycles. The van der Waals surface area contributed by atoms with E-state index in [1.165, 1.54) is 18.4 Å². The van der Waals surface area contributed by atoms with Crippen LogP contribution < -0.4 is 4.74 Å². The number of ether oxygens (including phenoxy) is 1. The number of carbonyl (C=O) groups excluding carboxylic acids is 1. The molecule has 3 aliphatic heterocycles. The van der Waals surface area contributed by atoms with Crippen molar-refractivity contribution in [2.24, 2.45) is 11.8 Å². The Kier molecular flexibility index (Phi) is 3.94. The summed E-state index contributed by atoms with van der Waals surface area (Å²) in [6, 6.07) is 3.86. The zero-order valence-corrected chi connectivity index (χ0v) is 18.9. The van der Waals surface area contributed by atoms with Gasteiger partial charge in [-0.2, -0.15) is 0 Å². The van der Waals surface area contributed by atoms with Gasteiger partial charge in [-0.15, -0.1) is 0 Å². The second-order valence-electron chi connectivity index (χ2n) is 11.3. The van der Waals surface area contributed by atoms with Crippen LogP contribution in [0, 0.1) is 11.8 Å². The molecule has 3 unspecified atom stereocenters. The van der Waals surface area contributed by atoms with E-state index >= 15 is 0 Å². The lowest BCUT2D eigenvalue weighted by atomic mass is 9.48. The molecule has 1 aromatic carbocycles. The monoisotopic (exact) mass is 438 g/mol. The van der Waals surface area contributed by atoms with Gasteiger partial charge in [-0.05, 0) is 75.5 Å². The van der Waals surface area contributed by atoms with Crippen LogP contribution in [0.15, 0.2) is 12.1 Å². The number of piperidine rings is 1. The lowest BCUT2D eigenvalue weighted by Crippen LogP contribution is -2.78. The van der Waals surface area contributed by atoms with Gasteiger partial charge in [0.2, 0.25) is 5.91 Å². The number of likely N-dealkylation sites (tertiary alicyclic amines) is 2. The molecule has 0 aromatic heterocycles. The average Bonchev–Trinajstić information content (AvgIpc) is 3.41. The van der Waals surface area contributed by atoms with Crippen LogP contribution in [0.2, 0.25) is 0 Å². The topological polar surface area (TPSA) is 73.2 Å². The third kappa shape index (κ3) is 2.26. The number of phenolic OH excluding ortho intramolecular Hbond substituents is 1. The predicted molar refractivity (Wildman–Crippen MR) is 119 cm³/mol. The highest BCUT2D eigenvalue weighted by molar-refractivity contribution is 5.81. The summed E-state index contributed by atoms with van der Waals surface area (Å²) in [5, 5.41) is 23.3. The number of benzene rings is 1. The first kappa shape index (κ1) is 19.7. The normalized spacial score (nSPS) is 42.2. The largest absolute Gasteiger partial charge is 0.504 e. The first-order valence-electron chi connectivity index (χ1n) is 12.8. The maximum Gasteiger partial charge on any atom is 0.226 e. The predicted octanol–water partition coefficient (Wildman–Crippen LogP) is 2.58. The van der Waals surface area contributed by atoms with E-state index in [2.05, 4.69) is 16.7 Å². The van der Waals surface area contributed by atoms with Crippen molar-refractivity contribution >= 4 is 5.91 Å². The van der Waals surface area contributed by atoms with Gasteiger partial charge in [-0.1, -0.05) is 13.0 Å². The van der Waals surface area contributed by atoms with Crippen molar-refractivity contribution in [2.45, 2.75) is 87.5 Å². The molecule has 6 heteroatoms. The van der Waals surface area contributed by atoms with E-state index in [1.54, 1.807) is 6.07 Å². The fourth-order valence-corrected chi connectivity index (χ4v) is 8.25. The summed E-state index contributed by atoms with van der Waals surface area (Å²) in [4.78, 5) is 17.8. The van der Waals surface area contributed by atoms with Gasteiger partial charge in [-0.3, -0.25) is 9.69 Å². The van der Waals surface area contributed by atoms with Crippen molar-refractivity contribution in [3.63, 3.8) is 0 Å². The Morgan fingerprint density at radius 3 is 2.75 bits per heavy atom. The van der Waals surface area contributed by atoms with Crippen molar-refractivity contribution in [3.8, 4) is 11.5 Å². The van der Waals surface area contributed by atoms with E-state index in [0.29, 0.717) is 12.2 Å². The minimum atomic E-state index is -0.875. The standard InChI is InChI=1S/C26H34N2O4/c1-2-16-8-11-28(24(16)30)18-7-9-26(31)20-13-17-5-6-19(29)22-21(17)25(26,23(18)32-22)10-12-27(20)14-15-3-4-15/h5-6,15-16,18,20,23,29,31H,2-4,7-14H2,1H3/t16?,18?,20-,23?,25+,26-/m1/s1. The molecule has 2 saturated heterocycles. The van der Waals surface area contributed by atoms with Crippen molar-refractivity contribution in [2.75, 3.05) is 19.6 Å². The molecule has 1 aromatic rings. The van der Waals surface area contributed by atoms with Crippen molar-refractivity contribution in [1.82, 2.24) is 9.80 Å². The summed E-state index contributed by atoms with van der Waals surface area (Å²) in [5.74, 6) is 1.89. The first-order chi connectivity index (χ1) is 15.5. The average molecular weight is 439 g/mol. The zero-order chi connectivity index (χ0) is 21.8. The number of carbonyl (C=O) groups is 1. The van der Waals surface area contributed by atoms with Crippen molar-refractivity contribution in [3.05, 3.63) is 23.3 Å². The summed E-state index contributed by atoms with van der Waals surface area (Å²) in [7, 11) is 0. The molecule has 6 atom stereocenters. The van der Waals surface area contributed by atoms with Gasteiger partial charge in [0, 0.05) is 30.6 Å². The summed E-state index contributed by atoms with van der Waals surface area (Å²) < 4.78 is 6.62. The van der Waals surface area contributed by atoms with Gasteiger partial charge in [0.1, 0.15) is 6.10 Å². The molecule has 7 rings (SSSR count). The Balaban J connectivity index is 1.35. The molecule has 32 heavy (non-hydrogen) atoms. The zero-order valence-electron chi connectivity index (χ0n) is 18.9. The number of aromatic hydroxyl groups is 1. The first-order valence-corrected chi connectivity index (χ1v) is 12.8. The lowest BCUT2D eigenvalue weighted by Gasteiger charge is -2.64. The molecular weight excluding hydrogens is 404 g/mol. The molecule has 2 bridgehead atoms. The summed E-state index contributed by atoms with van der Waals surface area (Å²) in [5.41, 5.74) is 0.860. The van der Waals surface area contributed by atoms with E-state index in [9.17, 15) is 15.0 Å². The number of hydrogen-bond acceptors (Lipinski definition) is 5. The Morgan fingerprint density at radius 2 is 2.00 bits per heavy atom. The highest BCUT2D eigenvalue weighted by Gasteiger charge is 2.73. The fraction of sp³-hybridized carbons (Fsp3) is 0.731.